The van der Waals surface area contributed by atoms with Crippen molar-refractivity contribution in [2.24, 2.45) is 4.99 Å². The van der Waals surface area contributed by atoms with Crippen LogP contribution in [0.15, 0.2) is 59.6 Å². The number of carbonyl (C=O) groups is 2. The van der Waals surface area contributed by atoms with Crippen LogP contribution in [-0.4, -0.2) is 35.4 Å². The minimum atomic E-state index is -0.499. The summed E-state index contributed by atoms with van der Waals surface area (Å²) in [6.45, 7) is 4.98. The molecule has 2 aromatic carbocycles. The summed E-state index contributed by atoms with van der Waals surface area (Å²) in [5.74, 6) is 0.278. The normalized spacial score (nSPS) is 17.1. The van der Waals surface area contributed by atoms with E-state index in [1.165, 1.54) is 16.7 Å². The number of aliphatic imine (C=N–C) groups is 1. The molecule has 1 aliphatic rings. The molecule has 0 bridgehead atoms. The third-order valence-corrected chi connectivity index (χ3v) is 5.20. The molecule has 0 aromatic heterocycles. The van der Waals surface area contributed by atoms with Gasteiger partial charge in [0.1, 0.15) is 11.0 Å². The average Bonchev–Trinajstić information content (AvgIpc) is 2.97. The van der Waals surface area contributed by atoms with Gasteiger partial charge in [-0.25, -0.2) is 4.90 Å². The number of amides is 2. The van der Waals surface area contributed by atoms with Crippen LogP contribution in [0.2, 0.25) is 0 Å². The maximum Gasteiger partial charge on any atom is 0.247 e. The Bertz CT molecular complexity index is 853. The van der Waals surface area contributed by atoms with E-state index in [1.807, 2.05) is 44.2 Å². The summed E-state index contributed by atoms with van der Waals surface area (Å²) < 4.78 is 5.42. The smallest absolute Gasteiger partial charge is 0.247 e. The minimum Gasteiger partial charge on any atom is -0.494 e. The van der Waals surface area contributed by atoms with E-state index in [9.17, 15) is 9.59 Å². The summed E-state index contributed by atoms with van der Waals surface area (Å²) in [5.41, 5.74) is 1.45. The zero-order valence-electron chi connectivity index (χ0n) is 15.9. The molecule has 1 N–H and O–H groups in total. The molecular formula is C21H23N3O3S. The molecule has 0 spiro atoms. The molecule has 3 rings (SSSR count). The fraction of sp³-hybridized carbons (Fsp3) is 0.286. The molecule has 28 heavy (non-hydrogen) atoms. The van der Waals surface area contributed by atoms with Crippen molar-refractivity contribution in [2.75, 3.05) is 23.4 Å². The molecule has 1 heterocycles. The molecule has 146 valence electrons. The highest BCUT2D eigenvalue weighted by Crippen LogP contribution is 2.31. The van der Waals surface area contributed by atoms with E-state index in [-0.39, 0.29) is 18.2 Å². The van der Waals surface area contributed by atoms with Crippen LogP contribution in [0.25, 0.3) is 0 Å². The Kier molecular flexibility index (Phi) is 6.71. The van der Waals surface area contributed by atoms with Gasteiger partial charge in [-0.15, -0.1) is 0 Å². The molecule has 0 radical (unpaired) electrons. The zero-order chi connectivity index (χ0) is 19.9. The first-order valence-electron chi connectivity index (χ1n) is 9.25. The van der Waals surface area contributed by atoms with Gasteiger partial charge in [0.25, 0.3) is 0 Å². The number of carbonyl (C=O) groups excluding carboxylic acids is 2. The van der Waals surface area contributed by atoms with Gasteiger partial charge >= 0.3 is 0 Å². The van der Waals surface area contributed by atoms with Crippen LogP contribution < -0.4 is 15.0 Å². The Morgan fingerprint density at radius 3 is 2.50 bits per heavy atom. The van der Waals surface area contributed by atoms with E-state index in [0.29, 0.717) is 29.8 Å². The van der Waals surface area contributed by atoms with Crippen LogP contribution in [0.4, 0.5) is 11.4 Å². The fourth-order valence-electron chi connectivity index (χ4n) is 2.86. The highest BCUT2D eigenvalue weighted by atomic mass is 32.2. The van der Waals surface area contributed by atoms with Gasteiger partial charge < -0.3 is 10.1 Å². The predicted octanol–water partition coefficient (Wildman–Crippen LogP) is 3.94. The number of benzene rings is 2. The maximum atomic E-state index is 12.9. The van der Waals surface area contributed by atoms with Gasteiger partial charge in [0.05, 0.1) is 12.3 Å². The first kappa shape index (κ1) is 19.9. The number of anilines is 2. The Morgan fingerprint density at radius 1 is 1.14 bits per heavy atom. The van der Waals surface area contributed by atoms with E-state index in [4.69, 9.17) is 4.74 Å². The summed E-state index contributed by atoms with van der Waals surface area (Å²) in [4.78, 5) is 31.1. The lowest BCUT2D eigenvalue weighted by atomic mass is 10.3. The number of ether oxygens (including phenoxy) is 1. The third-order valence-electron chi connectivity index (χ3n) is 4.09. The maximum absolute atomic E-state index is 12.9. The molecule has 0 aliphatic carbocycles. The molecule has 0 saturated carbocycles. The van der Waals surface area contributed by atoms with Gasteiger partial charge in [0.2, 0.25) is 11.8 Å². The van der Waals surface area contributed by atoms with E-state index in [0.717, 1.165) is 5.69 Å². The number of rotatable bonds is 6. The number of hydrogen-bond acceptors (Lipinski definition) is 5. The average molecular weight is 398 g/mol. The molecule has 1 fully saturated rings. The van der Waals surface area contributed by atoms with Crippen LogP contribution >= 0.6 is 11.8 Å². The van der Waals surface area contributed by atoms with Crippen molar-refractivity contribution < 1.29 is 14.3 Å². The van der Waals surface area contributed by atoms with Gasteiger partial charge in [0.15, 0.2) is 5.17 Å². The molecule has 1 atom stereocenters. The predicted molar refractivity (Wildman–Crippen MR) is 114 cm³/mol. The SMILES string of the molecule is CCN=C(Nc1ccccc1)SC1CC(=O)N(c2ccc(OCC)cc2)C1=O. The second kappa shape index (κ2) is 9.41. The van der Waals surface area contributed by atoms with Crippen LogP contribution in [0.1, 0.15) is 20.3 Å². The van der Waals surface area contributed by atoms with Crippen molar-refractivity contribution >= 4 is 40.1 Å². The standard InChI is InChI=1S/C21H23N3O3S/c1-3-22-21(23-15-8-6-5-7-9-15)28-18-14-19(25)24(20(18)26)16-10-12-17(13-11-16)27-4-2/h5-13,18H,3-4,14H2,1-2H3,(H,22,23). The number of thioether (sulfide) groups is 1. The first-order valence-corrected chi connectivity index (χ1v) is 10.1. The van der Waals surface area contributed by atoms with E-state index in [1.54, 1.807) is 24.3 Å². The lowest BCUT2D eigenvalue weighted by molar-refractivity contribution is -0.121. The summed E-state index contributed by atoms with van der Waals surface area (Å²) in [7, 11) is 0. The molecule has 2 amide bonds. The molecule has 1 aliphatic heterocycles. The Labute approximate surface area is 169 Å². The Morgan fingerprint density at radius 2 is 1.86 bits per heavy atom. The lowest BCUT2D eigenvalue weighted by Gasteiger charge is -2.16. The zero-order valence-corrected chi connectivity index (χ0v) is 16.7. The second-order valence-corrected chi connectivity index (χ2v) is 7.27. The van der Waals surface area contributed by atoms with Gasteiger partial charge in [0, 0.05) is 18.7 Å². The molecule has 6 nitrogen and oxygen atoms in total. The van der Waals surface area contributed by atoms with Gasteiger partial charge in [-0.3, -0.25) is 14.6 Å². The fourth-order valence-corrected chi connectivity index (χ4v) is 3.94. The number of nitrogens with zero attached hydrogens (tertiary/aromatic N) is 2. The van der Waals surface area contributed by atoms with Crippen molar-refractivity contribution in [3.8, 4) is 5.75 Å². The minimum absolute atomic E-state index is 0.149. The monoisotopic (exact) mass is 397 g/mol. The third kappa shape index (κ3) is 4.72. The van der Waals surface area contributed by atoms with Crippen molar-refractivity contribution in [1.82, 2.24) is 0 Å². The molecule has 2 aromatic rings. The number of amidine groups is 1. The topological polar surface area (TPSA) is 71.0 Å². The Balaban J connectivity index is 1.72. The van der Waals surface area contributed by atoms with Crippen molar-refractivity contribution in [1.29, 1.82) is 0 Å². The van der Waals surface area contributed by atoms with Gasteiger partial charge in [-0.05, 0) is 50.2 Å². The number of nitrogens with one attached hydrogen (secondary N) is 1. The highest BCUT2D eigenvalue weighted by molar-refractivity contribution is 8.15. The highest BCUT2D eigenvalue weighted by Gasteiger charge is 2.40. The van der Waals surface area contributed by atoms with Crippen molar-refractivity contribution in [3.63, 3.8) is 0 Å². The second-order valence-electron chi connectivity index (χ2n) is 6.08. The van der Waals surface area contributed by atoms with Crippen LogP contribution in [0.5, 0.6) is 5.75 Å². The number of para-hydroxylation sites is 1. The van der Waals surface area contributed by atoms with Crippen molar-refractivity contribution in [3.05, 3.63) is 54.6 Å². The first-order chi connectivity index (χ1) is 13.6. The quantitative estimate of drug-likeness (QED) is 0.454. The number of imide groups is 1. The van der Waals surface area contributed by atoms with Crippen LogP contribution in [0, 0.1) is 0 Å². The van der Waals surface area contributed by atoms with Crippen molar-refractivity contribution in [2.45, 2.75) is 25.5 Å². The lowest BCUT2D eigenvalue weighted by Crippen LogP contribution is -2.31. The number of hydrogen-bond donors (Lipinski definition) is 1. The van der Waals surface area contributed by atoms with Crippen LogP contribution in [-0.2, 0) is 9.59 Å². The molecule has 1 saturated heterocycles. The van der Waals surface area contributed by atoms with E-state index < -0.39 is 5.25 Å². The van der Waals surface area contributed by atoms with Gasteiger partial charge in [-0.1, -0.05) is 30.0 Å². The van der Waals surface area contributed by atoms with E-state index in [2.05, 4.69) is 10.3 Å². The summed E-state index contributed by atoms with van der Waals surface area (Å²) in [5, 5.41) is 3.37. The molecular weight excluding hydrogens is 374 g/mol. The molecule has 1 unspecified atom stereocenters. The van der Waals surface area contributed by atoms with Gasteiger partial charge in [-0.2, -0.15) is 0 Å². The van der Waals surface area contributed by atoms with Crippen LogP contribution in [0.3, 0.4) is 0 Å². The molecule has 7 heteroatoms. The Hall–Kier alpha value is -2.80. The van der Waals surface area contributed by atoms with E-state index >= 15 is 0 Å². The largest absolute Gasteiger partial charge is 0.494 e. The summed E-state index contributed by atoms with van der Waals surface area (Å²) in [6.07, 6.45) is 0.149. The summed E-state index contributed by atoms with van der Waals surface area (Å²) in [6, 6.07) is 16.6. The summed E-state index contributed by atoms with van der Waals surface area (Å²) >= 11 is 1.30.